The molecule has 3 heterocycles. The number of carbonyl (C=O) groups excluding carboxylic acids is 2. The number of likely N-dealkylation sites (tertiary alicyclic amines) is 2. The molecule has 3 saturated heterocycles. The summed E-state index contributed by atoms with van der Waals surface area (Å²) in [6.07, 6.45) is 3.67. The first kappa shape index (κ1) is 34.4. The van der Waals surface area contributed by atoms with E-state index in [4.69, 9.17) is 14.2 Å². The number of likely N-dealkylation sites (N-methyl/N-ethyl adjacent to an activating group) is 1. The van der Waals surface area contributed by atoms with E-state index >= 15 is 0 Å². The molecular formula is C28H56N4O6. The van der Waals surface area contributed by atoms with Crippen LogP contribution in [0.3, 0.4) is 0 Å². The molecule has 0 aliphatic carbocycles. The van der Waals surface area contributed by atoms with Gasteiger partial charge < -0.3 is 39.3 Å². The van der Waals surface area contributed by atoms with E-state index in [9.17, 15) is 14.7 Å². The van der Waals surface area contributed by atoms with E-state index in [0.717, 1.165) is 45.5 Å². The molecular weight excluding hydrogens is 488 g/mol. The molecule has 38 heavy (non-hydrogen) atoms. The van der Waals surface area contributed by atoms with Crippen LogP contribution < -0.4 is 5.32 Å². The summed E-state index contributed by atoms with van der Waals surface area (Å²) >= 11 is 0. The average molecular weight is 545 g/mol. The molecule has 10 nitrogen and oxygen atoms in total. The number of nitrogens with zero attached hydrogens (tertiary/aromatic N) is 3. The Bertz CT molecular complexity index is 702. The Hall–Kier alpha value is -1.62. The summed E-state index contributed by atoms with van der Waals surface area (Å²) in [5.41, 5.74) is -0.869. The van der Waals surface area contributed by atoms with Gasteiger partial charge in [-0.2, -0.15) is 0 Å². The third-order valence-corrected chi connectivity index (χ3v) is 6.20. The van der Waals surface area contributed by atoms with E-state index in [0.29, 0.717) is 25.1 Å². The van der Waals surface area contributed by atoms with E-state index in [-0.39, 0.29) is 24.2 Å². The molecule has 2 N–H and O–H groups in total. The molecule has 224 valence electrons. The standard InChI is InChI=1S/C14H28N2O3.C12H21NO3.C2H7N/c1-14(2,3)19-13(18)16-8-6-7-11(9-16)12(17)10-15(4)5;1-12(2,3)16-11(14)13-6-4-5-9(7-13)10-8-15-10;1-3-2/h11-12,17H,6-10H2,1-5H3;9-10H,4-8H2,1-3H3;3H,1-2H3. The predicted molar refractivity (Wildman–Crippen MR) is 150 cm³/mol. The van der Waals surface area contributed by atoms with Crippen molar-refractivity contribution in [1.29, 1.82) is 0 Å². The fourth-order valence-corrected chi connectivity index (χ4v) is 4.47. The van der Waals surface area contributed by atoms with Crippen molar-refractivity contribution < 1.29 is 28.9 Å². The zero-order valence-corrected chi connectivity index (χ0v) is 25.7. The van der Waals surface area contributed by atoms with Crippen LogP contribution in [0.15, 0.2) is 0 Å². The topological polar surface area (TPSA) is 107 Å². The maximum Gasteiger partial charge on any atom is 0.410 e. The highest BCUT2D eigenvalue weighted by Gasteiger charge is 2.37. The summed E-state index contributed by atoms with van der Waals surface area (Å²) in [7, 11) is 7.63. The van der Waals surface area contributed by atoms with Crippen molar-refractivity contribution in [1.82, 2.24) is 20.0 Å². The smallest absolute Gasteiger partial charge is 0.410 e. The first-order valence-electron chi connectivity index (χ1n) is 14.0. The molecule has 3 rings (SSSR count). The molecule has 3 aliphatic heterocycles. The molecule has 0 radical (unpaired) electrons. The summed E-state index contributed by atoms with van der Waals surface area (Å²) in [6, 6.07) is 0. The second-order valence-electron chi connectivity index (χ2n) is 12.9. The Labute approximate surface area is 231 Å². The molecule has 0 saturated carbocycles. The normalized spacial score (nSPS) is 24.4. The highest BCUT2D eigenvalue weighted by Crippen LogP contribution is 2.29. The summed E-state index contributed by atoms with van der Waals surface area (Å²) < 4.78 is 16.1. The van der Waals surface area contributed by atoms with Crippen molar-refractivity contribution >= 4 is 12.2 Å². The van der Waals surface area contributed by atoms with Gasteiger partial charge in [-0.05, 0) is 95.4 Å². The lowest BCUT2D eigenvalue weighted by atomic mass is 9.92. The minimum absolute atomic E-state index is 0.142. The molecule has 4 unspecified atom stereocenters. The number of hydrogen-bond donors (Lipinski definition) is 2. The van der Waals surface area contributed by atoms with Gasteiger partial charge in [0.1, 0.15) is 11.2 Å². The fraction of sp³-hybridized carbons (Fsp3) is 0.929. The number of amides is 2. The molecule has 0 bridgehead atoms. The molecule has 0 aromatic carbocycles. The zero-order valence-electron chi connectivity index (χ0n) is 25.7. The maximum atomic E-state index is 12.0. The number of aliphatic hydroxyl groups is 1. The number of epoxide rings is 1. The summed E-state index contributed by atoms with van der Waals surface area (Å²) in [5, 5.41) is 12.9. The maximum absolute atomic E-state index is 12.0. The second kappa shape index (κ2) is 15.8. The van der Waals surface area contributed by atoms with Gasteiger partial charge in [-0.15, -0.1) is 0 Å². The highest BCUT2D eigenvalue weighted by atomic mass is 16.6. The lowest BCUT2D eigenvalue weighted by Gasteiger charge is -2.36. The SMILES string of the molecule is CC(C)(C)OC(=O)N1CCCC(C2CO2)C1.CN(C)CC(O)C1CCCN(C(=O)OC(C)(C)C)C1.CNC. The number of carbonyl (C=O) groups is 2. The van der Waals surface area contributed by atoms with Crippen LogP contribution in [-0.4, -0.2) is 123 Å². The first-order chi connectivity index (χ1) is 17.6. The van der Waals surface area contributed by atoms with Crippen molar-refractivity contribution in [3.8, 4) is 0 Å². The summed E-state index contributed by atoms with van der Waals surface area (Å²) in [5.74, 6) is 0.657. The minimum atomic E-state index is -0.466. The molecule has 10 heteroatoms. The van der Waals surface area contributed by atoms with E-state index in [1.54, 1.807) is 4.90 Å². The monoisotopic (exact) mass is 544 g/mol. The van der Waals surface area contributed by atoms with Crippen LogP contribution >= 0.6 is 0 Å². The van der Waals surface area contributed by atoms with Gasteiger partial charge in [0.2, 0.25) is 0 Å². The molecule has 3 fully saturated rings. The van der Waals surface area contributed by atoms with Crippen molar-refractivity contribution in [3.05, 3.63) is 0 Å². The van der Waals surface area contributed by atoms with Crippen LogP contribution in [0.1, 0.15) is 67.2 Å². The predicted octanol–water partition coefficient (Wildman–Crippen LogP) is 3.42. The Morgan fingerprint density at radius 2 is 1.39 bits per heavy atom. The largest absolute Gasteiger partial charge is 0.444 e. The highest BCUT2D eigenvalue weighted by molar-refractivity contribution is 5.68. The number of piperidine rings is 2. The van der Waals surface area contributed by atoms with Crippen LogP contribution in [0.2, 0.25) is 0 Å². The number of hydrogen-bond acceptors (Lipinski definition) is 8. The van der Waals surface area contributed by atoms with Gasteiger partial charge in [0, 0.05) is 44.6 Å². The number of rotatable bonds is 4. The van der Waals surface area contributed by atoms with Crippen LogP contribution in [0.5, 0.6) is 0 Å². The van der Waals surface area contributed by atoms with Gasteiger partial charge >= 0.3 is 12.2 Å². The lowest BCUT2D eigenvalue weighted by Crippen LogP contribution is -2.47. The molecule has 0 aromatic rings. The zero-order chi connectivity index (χ0) is 29.1. The summed E-state index contributed by atoms with van der Waals surface area (Å²) in [4.78, 5) is 29.4. The van der Waals surface area contributed by atoms with Crippen LogP contribution in [0, 0.1) is 11.8 Å². The third-order valence-electron chi connectivity index (χ3n) is 6.20. The van der Waals surface area contributed by atoms with E-state index in [1.165, 1.54) is 6.42 Å². The van der Waals surface area contributed by atoms with Crippen molar-refractivity contribution in [2.75, 3.05) is 67.5 Å². The fourth-order valence-electron chi connectivity index (χ4n) is 4.47. The number of aliphatic hydroxyl groups excluding tert-OH is 1. The molecule has 0 spiro atoms. The molecule has 3 aliphatic rings. The number of ether oxygens (including phenoxy) is 3. The Balaban J connectivity index is 0.000000348. The quantitative estimate of drug-likeness (QED) is 0.519. The van der Waals surface area contributed by atoms with Gasteiger partial charge in [-0.1, -0.05) is 0 Å². The van der Waals surface area contributed by atoms with Crippen LogP contribution in [-0.2, 0) is 14.2 Å². The Morgan fingerprint density at radius 3 is 1.82 bits per heavy atom. The first-order valence-corrected chi connectivity index (χ1v) is 14.0. The van der Waals surface area contributed by atoms with Crippen molar-refractivity contribution in [2.45, 2.75) is 90.6 Å². The second-order valence-corrected chi connectivity index (χ2v) is 12.9. The molecule has 0 aromatic heterocycles. The van der Waals surface area contributed by atoms with Gasteiger partial charge in [0.15, 0.2) is 0 Å². The average Bonchev–Trinajstić information content (AvgIpc) is 3.63. The Morgan fingerprint density at radius 1 is 0.947 bits per heavy atom. The van der Waals surface area contributed by atoms with Gasteiger partial charge in [0.25, 0.3) is 0 Å². The summed E-state index contributed by atoms with van der Waals surface area (Å²) in [6.45, 7) is 15.7. The minimum Gasteiger partial charge on any atom is -0.444 e. The molecule has 2 amide bonds. The van der Waals surface area contributed by atoms with E-state index in [2.05, 4.69) is 5.32 Å². The van der Waals surface area contributed by atoms with Crippen LogP contribution in [0.25, 0.3) is 0 Å². The van der Waals surface area contributed by atoms with Gasteiger partial charge in [0.05, 0.1) is 18.8 Å². The van der Waals surface area contributed by atoms with E-state index < -0.39 is 11.2 Å². The lowest BCUT2D eigenvalue weighted by molar-refractivity contribution is -0.00103. The van der Waals surface area contributed by atoms with Gasteiger partial charge in [-0.25, -0.2) is 9.59 Å². The van der Waals surface area contributed by atoms with Crippen molar-refractivity contribution in [2.24, 2.45) is 11.8 Å². The van der Waals surface area contributed by atoms with Crippen molar-refractivity contribution in [3.63, 3.8) is 0 Å². The Kier molecular flexibility index (Phi) is 14.3. The van der Waals surface area contributed by atoms with E-state index in [1.807, 2.05) is 79.5 Å². The van der Waals surface area contributed by atoms with Crippen LogP contribution in [0.4, 0.5) is 9.59 Å². The molecule has 4 atom stereocenters. The number of nitrogens with one attached hydrogen (secondary N) is 1. The third kappa shape index (κ3) is 14.5. The van der Waals surface area contributed by atoms with Gasteiger partial charge in [-0.3, -0.25) is 0 Å².